The molecule has 0 amide bonds. The van der Waals surface area contributed by atoms with Gasteiger partial charge in [0.25, 0.3) is 0 Å². The second-order valence-corrected chi connectivity index (χ2v) is 13.5. The van der Waals surface area contributed by atoms with Crippen molar-refractivity contribution >= 4 is 21.8 Å². The number of aromatic nitrogens is 2. The molecule has 0 N–H and O–H groups in total. The van der Waals surface area contributed by atoms with Crippen LogP contribution < -0.4 is 9.47 Å². The summed E-state index contributed by atoms with van der Waals surface area (Å²) in [5.74, 6) is 3.32. The van der Waals surface area contributed by atoms with E-state index in [-0.39, 0.29) is 0 Å². The standard InChI is InChI=1S/C48H30N2O2/c1-2-13-33(14-3-1)50-42-21-7-4-15-35(42)36-29-31(25-27-43(36)50)34-16-12-19-40-47(34)52-46-30-32(41-20-10-11-28-49-41)24-26-39(46)48(40)37-17-5-8-22-44(37)51-45-23-9-6-18-38(45)48/h1-30H. The molecule has 0 unspecified atom stereocenters. The summed E-state index contributed by atoms with van der Waals surface area (Å²) in [7, 11) is 0. The molecule has 4 nitrogen and oxygen atoms in total. The van der Waals surface area contributed by atoms with Crippen LogP contribution in [0.2, 0.25) is 0 Å². The molecule has 1 spiro atoms. The fourth-order valence-electron chi connectivity index (χ4n) is 8.60. The first-order valence-electron chi connectivity index (χ1n) is 17.6. The molecule has 9 aromatic rings. The Morgan fingerprint density at radius 3 is 1.92 bits per heavy atom. The molecular formula is C48H30N2O2. The summed E-state index contributed by atoms with van der Waals surface area (Å²) in [4.78, 5) is 4.68. The maximum Gasteiger partial charge on any atom is 0.140 e. The van der Waals surface area contributed by atoms with Crippen molar-refractivity contribution in [3.05, 3.63) is 204 Å². The van der Waals surface area contributed by atoms with E-state index in [0.29, 0.717) is 0 Å². The lowest BCUT2D eigenvalue weighted by atomic mass is 9.62. The molecule has 0 radical (unpaired) electrons. The number of benzene rings is 7. The lowest BCUT2D eigenvalue weighted by Gasteiger charge is -2.45. The SMILES string of the molecule is c1ccc(-n2c3ccccc3c3cc(-c4cccc5c4Oc4cc(-c6ccccn6)ccc4C54c5ccccc5Oc5ccccc54)ccc32)cc1. The molecule has 0 saturated heterocycles. The van der Waals surface area contributed by atoms with Gasteiger partial charge in [-0.1, -0.05) is 115 Å². The van der Waals surface area contributed by atoms with Gasteiger partial charge in [-0.25, -0.2) is 0 Å². The number of pyridine rings is 1. The summed E-state index contributed by atoms with van der Waals surface area (Å²) >= 11 is 0. The molecule has 7 aromatic carbocycles. The minimum Gasteiger partial charge on any atom is -0.457 e. The molecule has 4 heterocycles. The van der Waals surface area contributed by atoms with Gasteiger partial charge in [-0.3, -0.25) is 4.98 Å². The van der Waals surface area contributed by atoms with E-state index in [2.05, 4.69) is 155 Å². The fourth-order valence-corrected chi connectivity index (χ4v) is 8.60. The van der Waals surface area contributed by atoms with E-state index in [1.54, 1.807) is 0 Å². The fraction of sp³-hybridized carbons (Fsp3) is 0.0208. The third kappa shape index (κ3) is 4.00. The molecule has 0 saturated carbocycles. The van der Waals surface area contributed by atoms with E-state index in [0.717, 1.165) is 78.8 Å². The van der Waals surface area contributed by atoms with Crippen LogP contribution in [-0.4, -0.2) is 9.55 Å². The molecule has 2 aromatic heterocycles. The lowest BCUT2D eigenvalue weighted by molar-refractivity contribution is 0.400. The van der Waals surface area contributed by atoms with Crippen molar-refractivity contribution in [1.82, 2.24) is 9.55 Å². The molecule has 244 valence electrons. The molecular weight excluding hydrogens is 637 g/mol. The molecule has 0 aliphatic carbocycles. The number of fused-ring (bicyclic) bond motifs is 11. The van der Waals surface area contributed by atoms with Crippen molar-refractivity contribution < 1.29 is 9.47 Å². The highest BCUT2D eigenvalue weighted by atomic mass is 16.5. The normalized spacial score (nSPS) is 13.5. The zero-order valence-corrected chi connectivity index (χ0v) is 28.0. The average Bonchev–Trinajstić information content (AvgIpc) is 3.55. The van der Waals surface area contributed by atoms with E-state index < -0.39 is 5.41 Å². The van der Waals surface area contributed by atoms with Crippen LogP contribution in [0.5, 0.6) is 23.0 Å². The smallest absolute Gasteiger partial charge is 0.140 e. The van der Waals surface area contributed by atoms with Gasteiger partial charge in [0, 0.05) is 56.0 Å². The molecule has 0 bridgehead atoms. The van der Waals surface area contributed by atoms with E-state index in [1.807, 2.05) is 36.5 Å². The Balaban J connectivity index is 1.20. The number of ether oxygens (including phenoxy) is 2. The summed E-state index contributed by atoms with van der Waals surface area (Å²) in [5.41, 5.74) is 11.1. The average molecular weight is 667 g/mol. The maximum atomic E-state index is 7.18. The Bertz CT molecular complexity index is 2810. The summed E-state index contributed by atoms with van der Waals surface area (Å²) in [6.07, 6.45) is 1.83. The Hall–Kier alpha value is -6.91. The summed E-state index contributed by atoms with van der Waals surface area (Å²) in [6, 6.07) is 62.0. The van der Waals surface area contributed by atoms with E-state index in [4.69, 9.17) is 9.47 Å². The monoisotopic (exact) mass is 666 g/mol. The third-order valence-electron chi connectivity index (χ3n) is 10.8. The first kappa shape index (κ1) is 28.9. The van der Waals surface area contributed by atoms with Crippen molar-refractivity contribution in [2.24, 2.45) is 0 Å². The van der Waals surface area contributed by atoms with Crippen molar-refractivity contribution in [3.8, 4) is 51.1 Å². The van der Waals surface area contributed by atoms with Crippen LogP contribution in [0.3, 0.4) is 0 Å². The van der Waals surface area contributed by atoms with Gasteiger partial charge in [0.2, 0.25) is 0 Å². The molecule has 11 rings (SSSR count). The van der Waals surface area contributed by atoms with Crippen molar-refractivity contribution in [2.75, 3.05) is 0 Å². The van der Waals surface area contributed by atoms with Crippen molar-refractivity contribution in [3.63, 3.8) is 0 Å². The van der Waals surface area contributed by atoms with Gasteiger partial charge in [-0.2, -0.15) is 0 Å². The van der Waals surface area contributed by atoms with Gasteiger partial charge in [-0.15, -0.1) is 0 Å². The molecule has 0 fully saturated rings. The van der Waals surface area contributed by atoms with Crippen LogP contribution in [0, 0.1) is 0 Å². The number of rotatable bonds is 3. The van der Waals surface area contributed by atoms with Gasteiger partial charge in [0.1, 0.15) is 23.0 Å². The maximum absolute atomic E-state index is 7.18. The highest BCUT2D eigenvalue weighted by Crippen LogP contribution is 2.62. The molecule has 0 atom stereocenters. The number of hydrogen-bond donors (Lipinski definition) is 0. The lowest BCUT2D eigenvalue weighted by Crippen LogP contribution is -2.37. The quantitative estimate of drug-likeness (QED) is 0.188. The van der Waals surface area contributed by atoms with E-state index >= 15 is 0 Å². The number of hydrogen-bond acceptors (Lipinski definition) is 3. The van der Waals surface area contributed by atoms with Crippen LogP contribution >= 0.6 is 0 Å². The Morgan fingerprint density at radius 2 is 1.12 bits per heavy atom. The first-order chi connectivity index (χ1) is 25.8. The topological polar surface area (TPSA) is 36.3 Å². The van der Waals surface area contributed by atoms with Gasteiger partial charge < -0.3 is 14.0 Å². The summed E-state index contributed by atoms with van der Waals surface area (Å²) in [5, 5.41) is 2.41. The number of nitrogens with zero attached hydrogens (tertiary/aromatic N) is 2. The minimum atomic E-state index is -0.694. The van der Waals surface area contributed by atoms with Gasteiger partial charge in [0.05, 0.1) is 22.1 Å². The largest absolute Gasteiger partial charge is 0.457 e. The van der Waals surface area contributed by atoms with Crippen molar-refractivity contribution in [1.29, 1.82) is 0 Å². The number of para-hydroxylation sites is 5. The van der Waals surface area contributed by atoms with Crippen molar-refractivity contribution in [2.45, 2.75) is 5.41 Å². The second kappa shape index (κ2) is 11.0. The third-order valence-corrected chi connectivity index (χ3v) is 10.8. The second-order valence-electron chi connectivity index (χ2n) is 13.5. The Kier molecular flexibility index (Phi) is 6.13. The van der Waals surface area contributed by atoms with Crippen LogP contribution in [0.1, 0.15) is 22.3 Å². The zero-order chi connectivity index (χ0) is 34.2. The van der Waals surface area contributed by atoms with Gasteiger partial charge in [-0.05, 0) is 66.2 Å². The van der Waals surface area contributed by atoms with Gasteiger partial charge >= 0.3 is 0 Å². The minimum absolute atomic E-state index is 0.694. The summed E-state index contributed by atoms with van der Waals surface area (Å²) < 4.78 is 16.2. The van der Waals surface area contributed by atoms with Crippen LogP contribution in [0.4, 0.5) is 0 Å². The van der Waals surface area contributed by atoms with Crippen LogP contribution in [0.15, 0.2) is 182 Å². The predicted octanol–water partition coefficient (Wildman–Crippen LogP) is 12.1. The van der Waals surface area contributed by atoms with E-state index in [1.165, 1.54) is 16.3 Å². The van der Waals surface area contributed by atoms with Crippen LogP contribution in [0.25, 0.3) is 49.9 Å². The molecule has 2 aliphatic heterocycles. The molecule has 2 aliphatic rings. The highest BCUT2D eigenvalue weighted by Gasteiger charge is 2.51. The Labute approximate surface area is 300 Å². The zero-order valence-electron chi connectivity index (χ0n) is 28.0. The van der Waals surface area contributed by atoms with Gasteiger partial charge in [0.15, 0.2) is 0 Å². The summed E-state index contributed by atoms with van der Waals surface area (Å²) in [6.45, 7) is 0. The highest BCUT2D eigenvalue weighted by molar-refractivity contribution is 6.10. The molecule has 52 heavy (non-hydrogen) atoms. The molecule has 4 heteroatoms. The van der Waals surface area contributed by atoms with Crippen LogP contribution in [-0.2, 0) is 5.41 Å². The van der Waals surface area contributed by atoms with E-state index in [9.17, 15) is 0 Å². The first-order valence-corrected chi connectivity index (χ1v) is 17.6. The predicted molar refractivity (Wildman–Crippen MR) is 208 cm³/mol. The Morgan fingerprint density at radius 1 is 0.442 bits per heavy atom.